The molecule has 0 atom stereocenters. The average Bonchev–Trinajstić information content (AvgIpc) is 2.86. The number of nitrogens with two attached hydrogens (primary N) is 2. The quantitative estimate of drug-likeness (QED) is 0.148. The molecule has 0 amide bonds. The second-order valence-corrected chi connectivity index (χ2v) is 9.60. The number of hydrogen-bond acceptors (Lipinski definition) is 8. The van der Waals surface area contributed by atoms with E-state index in [-0.39, 0.29) is 0 Å². The number of nitrogens with zero attached hydrogens (tertiary/aromatic N) is 3. The van der Waals surface area contributed by atoms with Crippen LogP contribution in [0, 0.1) is 11.3 Å². The van der Waals surface area contributed by atoms with Crippen LogP contribution >= 0.6 is 0 Å². The predicted molar refractivity (Wildman–Crippen MR) is 153 cm³/mol. The number of allylic oxidation sites excluding steroid dienone is 6. The molecule has 0 aromatic rings. The van der Waals surface area contributed by atoms with Crippen molar-refractivity contribution >= 4 is 18.3 Å². The van der Waals surface area contributed by atoms with Gasteiger partial charge >= 0.3 is 0 Å². The zero-order chi connectivity index (χ0) is 26.8. The fourth-order valence-electron chi connectivity index (χ4n) is 4.35. The molecule has 9 heteroatoms. The number of aliphatic imine (C=N–C) groups is 2. The van der Waals surface area contributed by atoms with E-state index in [0.717, 1.165) is 54.0 Å². The van der Waals surface area contributed by atoms with Gasteiger partial charge in [0.1, 0.15) is 11.7 Å². The molecule has 3 aliphatic rings. The zero-order valence-electron chi connectivity index (χ0n) is 22.5. The largest absolute Gasteiger partial charge is 0.404 e. The van der Waals surface area contributed by atoms with Crippen molar-refractivity contribution in [3.05, 3.63) is 70.6 Å². The van der Waals surface area contributed by atoms with Crippen molar-refractivity contribution in [1.82, 2.24) is 15.5 Å². The molecule has 0 saturated carbocycles. The third-order valence-corrected chi connectivity index (χ3v) is 6.76. The normalized spacial score (nSPS) is 19.6. The molecule has 0 radical (unpaired) electrons. The Kier molecular flexibility index (Phi) is 10.5. The molecule has 7 N–H and O–H groups in total. The molecule has 3 rings (SSSR count). The lowest BCUT2D eigenvalue weighted by atomic mass is 9.94. The van der Waals surface area contributed by atoms with Gasteiger partial charge in [-0.05, 0) is 62.5 Å². The molecule has 1 saturated heterocycles. The van der Waals surface area contributed by atoms with Gasteiger partial charge in [-0.1, -0.05) is 13.8 Å². The highest BCUT2D eigenvalue weighted by molar-refractivity contribution is 5.97. The molecule has 0 bridgehead atoms. The van der Waals surface area contributed by atoms with E-state index in [1.807, 2.05) is 24.4 Å². The smallest absolute Gasteiger partial charge is 0.132 e. The number of dihydropyridines is 2. The van der Waals surface area contributed by atoms with Crippen molar-refractivity contribution in [2.45, 2.75) is 52.7 Å². The maximum absolute atomic E-state index is 7.73. The fourth-order valence-corrected chi connectivity index (χ4v) is 4.35. The summed E-state index contributed by atoms with van der Waals surface area (Å²) in [6.45, 7) is 11.8. The summed E-state index contributed by atoms with van der Waals surface area (Å²) in [7, 11) is 0. The van der Waals surface area contributed by atoms with Crippen molar-refractivity contribution in [2.75, 3.05) is 26.2 Å². The summed E-state index contributed by atoms with van der Waals surface area (Å²) in [6, 6.07) is 0.572. The van der Waals surface area contributed by atoms with Crippen LogP contribution in [0.5, 0.6) is 0 Å². The van der Waals surface area contributed by atoms with Gasteiger partial charge < -0.3 is 32.2 Å². The highest BCUT2D eigenvalue weighted by atomic mass is 16.5. The van der Waals surface area contributed by atoms with Crippen molar-refractivity contribution < 1.29 is 4.74 Å². The Balaban J connectivity index is 1.57. The Bertz CT molecular complexity index is 1060. The van der Waals surface area contributed by atoms with E-state index in [2.05, 4.69) is 53.2 Å². The summed E-state index contributed by atoms with van der Waals surface area (Å²) in [6.07, 6.45) is 16.4. The molecule has 3 heterocycles. The van der Waals surface area contributed by atoms with Crippen LogP contribution < -0.4 is 22.1 Å². The van der Waals surface area contributed by atoms with E-state index >= 15 is 0 Å². The predicted octanol–water partition coefficient (Wildman–Crippen LogP) is 3.08. The second-order valence-electron chi connectivity index (χ2n) is 9.60. The van der Waals surface area contributed by atoms with Crippen LogP contribution in [0.4, 0.5) is 0 Å². The molecule has 0 unspecified atom stereocenters. The van der Waals surface area contributed by atoms with E-state index in [1.165, 1.54) is 6.21 Å². The highest BCUT2D eigenvalue weighted by Gasteiger charge is 2.28. The van der Waals surface area contributed by atoms with Gasteiger partial charge in [0.15, 0.2) is 0 Å². The standard InChI is InChI=1S/C28H42N8O/c1-5-20(6-2)21(13-29)12-27(31)35-28-8-7-25-26(34-28)11-22(16-33-25)23(14-30)15-32-9-10-37-24-17-36(18-24)19(3)4/h7-8,11-16,19-20,24,29,33-34H,5-6,9-10,17-18,30H2,1-4H3,(H2,31,35). The molecule has 37 heavy (non-hydrogen) atoms. The minimum atomic E-state index is 0.298. The summed E-state index contributed by atoms with van der Waals surface area (Å²) in [5.74, 6) is 1.28. The second kappa shape index (κ2) is 13.8. The number of fused-ring (bicyclic) bond motifs is 1. The minimum Gasteiger partial charge on any atom is -0.404 e. The van der Waals surface area contributed by atoms with Crippen molar-refractivity contribution in [3.8, 4) is 0 Å². The highest BCUT2D eigenvalue weighted by Crippen LogP contribution is 2.23. The molecule has 3 aliphatic heterocycles. The van der Waals surface area contributed by atoms with E-state index in [0.29, 0.717) is 42.9 Å². The van der Waals surface area contributed by atoms with Crippen LogP contribution in [0.15, 0.2) is 80.6 Å². The van der Waals surface area contributed by atoms with Gasteiger partial charge in [0.2, 0.25) is 0 Å². The topological polar surface area (TPSA) is 137 Å². The van der Waals surface area contributed by atoms with Crippen LogP contribution in [0.25, 0.3) is 0 Å². The van der Waals surface area contributed by atoms with Crippen LogP contribution in [0.3, 0.4) is 0 Å². The first-order valence-electron chi connectivity index (χ1n) is 13.1. The Morgan fingerprint density at radius 1 is 1.24 bits per heavy atom. The van der Waals surface area contributed by atoms with Crippen LogP contribution in [-0.2, 0) is 4.74 Å². The Labute approximate surface area is 221 Å². The molecule has 9 nitrogen and oxygen atoms in total. The minimum absolute atomic E-state index is 0.298. The molecule has 0 spiro atoms. The van der Waals surface area contributed by atoms with Crippen molar-refractivity contribution in [3.63, 3.8) is 0 Å². The molecule has 200 valence electrons. The summed E-state index contributed by atoms with van der Waals surface area (Å²) in [5, 5.41) is 14.3. The Morgan fingerprint density at radius 3 is 2.65 bits per heavy atom. The maximum Gasteiger partial charge on any atom is 0.132 e. The van der Waals surface area contributed by atoms with E-state index in [1.54, 1.807) is 18.5 Å². The Morgan fingerprint density at radius 2 is 2.00 bits per heavy atom. The maximum atomic E-state index is 7.73. The lowest BCUT2D eigenvalue weighted by Gasteiger charge is -2.41. The third kappa shape index (κ3) is 7.77. The first-order chi connectivity index (χ1) is 17.9. The lowest BCUT2D eigenvalue weighted by Crippen LogP contribution is -2.55. The number of nitrogens with one attached hydrogen (secondary N) is 3. The SMILES string of the molecule is CCC(CC)C(C=N)=CC(N)=NC1=CC=C2NC=C(C(C=NCCOC3CN(C(C)C)C3)=CN)C=C2N1. The molecule has 0 aromatic heterocycles. The van der Waals surface area contributed by atoms with Crippen molar-refractivity contribution in [1.29, 1.82) is 5.41 Å². The molecule has 1 fully saturated rings. The van der Waals surface area contributed by atoms with Gasteiger partial charge in [-0.3, -0.25) is 9.89 Å². The van der Waals surface area contributed by atoms with Gasteiger partial charge in [0, 0.05) is 55.1 Å². The van der Waals surface area contributed by atoms with Gasteiger partial charge in [0.25, 0.3) is 0 Å². The van der Waals surface area contributed by atoms with Gasteiger partial charge in [-0.2, -0.15) is 0 Å². The number of rotatable bonds is 13. The van der Waals surface area contributed by atoms with Crippen molar-refractivity contribution in [2.24, 2.45) is 27.4 Å². The number of amidine groups is 1. The summed E-state index contributed by atoms with van der Waals surface area (Å²) < 4.78 is 5.88. The lowest BCUT2D eigenvalue weighted by molar-refractivity contribution is -0.0635. The summed E-state index contributed by atoms with van der Waals surface area (Å²) in [5.41, 5.74) is 16.5. The third-order valence-electron chi connectivity index (χ3n) is 6.76. The first-order valence-corrected chi connectivity index (χ1v) is 13.1. The Hall–Kier alpha value is -3.43. The number of ether oxygens (including phenoxy) is 1. The van der Waals surface area contributed by atoms with Gasteiger partial charge in [-0.25, -0.2) is 4.99 Å². The van der Waals surface area contributed by atoms with Crippen LogP contribution in [0.1, 0.15) is 40.5 Å². The van der Waals surface area contributed by atoms with Crippen LogP contribution in [0.2, 0.25) is 0 Å². The van der Waals surface area contributed by atoms with E-state index in [9.17, 15) is 0 Å². The number of hydrogen-bond donors (Lipinski definition) is 5. The monoisotopic (exact) mass is 506 g/mol. The van der Waals surface area contributed by atoms with Gasteiger partial charge in [0.05, 0.1) is 30.6 Å². The molecule has 0 aromatic carbocycles. The zero-order valence-corrected chi connectivity index (χ0v) is 22.5. The molecule has 0 aliphatic carbocycles. The van der Waals surface area contributed by atoms with E-state index < -0.39 is 0 Å². The fraction of sp³-hybridized carbons (Fsp3) is 0.464. The number of likely N-dealkylation sites (tertiary alicyclic amines) is 1. The average molecular weight is 507 g/mol. The van der Waals surface area contributed by atoms with Crippen LogP contribution in [-0.4, -0.2) is 61.6 Å². The summed E-state index contributed by atoms with van der Waals surface area (Å²) in [4.78, 5) is 11.4. The molecular weight excluding hydrogens is 464 g/mol. The summed E-state index contributed by atoms with van der Waals surface area (Å²) >= 11 is 0. The van der Waals surface area contributed by atoms with Gasteiger partial charge in [-0.15, -0.1) is 0 Å². The first kappa shape index (κ1) is 28.1. The van der Waals surface area contributed by atoms with E-state index in [4.69, 9.17) is 21.6 Å². The molecular formula is C28H42N8O.